The largest absolute Gasteiger partial charge is 0.505 e. The molecule has 6 heteroatoms. The summed E-state index contributed by atoms with van der Waals surface area (Å²) in [5.74, 6) is -0.867. The number of aromatic hydroxyl groups is 1. The van der Waals surface area contributed by atoms with Crippen LogP contribution in [0.4, 0.5) is 5.69 Å². The first-order chi connectivity index (χ1) is 8.24. The van der Waals surface area contributed by atoms with Gasteiger partial charge in [0.2, 0.25) is 11.8 Å². The van der Waals surface area contributed by atoms with Gasteiger partial charge in [0.15, 0.2) is 5.75 Å². The number of halogens is 2. The number of rotatable bonds is 1. The van der Waals surface area contributed by atoms with Gasteiger partial charge in [-0.05, 0) is 12.1 Å². The van der Waals surface area contributed by atoms with E-state index in [0.717, 1.165) is 4.90 Å². The van der Waals surface area contributed by atoms with Gasteiger partial charge >= 0.3 is 0 Å². The van der Waals surface area contributed by atoms with Crippen LogP contribution in [0.2, 0.25) is 10.0 Å². The molecule has 1 aromatic carbocycles. The molecule has 0 bridgehead atoms. The molecule has 0 saturated carbocycles. The Labute approximate surface area is 114 Å². The molecule has 4 nitrogen and oxygen atoms in total. The third-order valence-corrected chi connectivity index (χ3v) is 3.46. The van der Waals surface area contributed by atoms with Crippen molar-refractivity contribution in [2.75, 3.05) is 4.90 Å². The molecular weight excluding hydrogens is 277 g/mol. The molecule has 0 atom stereocenters. The van der Waals surface area contributed by atoms with Crippen LogP contribution in [0.1, 0.15) is 20.3 Å². The van der Waals surface area contributed by atoms with Crippen LogP contribution in [-0.2, 0) is 9.59 Å². The van der Waals surface area contributed by atoms with Gasteiger partial charge in [0, 0.05) is 6.42 Å². The van der Waals surface area contributed by atoms with E-state index in [1.165, 1.54) is 12.1 Å². The van der Waals surface area contributed by atoms with Crippen molar-refractivity contribution >= 4 is 40.7 Å². The molecular formula is C12H11Cl2NO3. The molecule has 18 heavy (non-hydrogen) atoms. The predicted molar refractivity (Wildman–Crippen MR) is 69.0 cm³/mol. The number of carbonyl (C=O) groups is 2. The minimum absolute atomic E-state index is 0.00260. The number of amides is 2. The normalized spacial score (nSPS) is 18.6. The SMILES string of the molecule is CC1(C)CC(=O)N(c2cc(Cl)c(O)c(Cl)c2)C1=O. The third kappa shape index (κ3) is 1.95. The first kappa shape index (κ1) is 13.2. The van der Waals surface area contributed by atoms with E-state index in [1.54, 1.807) is 13.8 Å². The molecule has 1 aliphatic rings. The van der Waals surface area contributed by atoms with E-state index in [0.29, 0.717) is 0 Å². The van der Waals surface area contributed by atoms with Crippen molar-refractivity contribution in [3.8, 4) is 5.75 Å². The van der Waals surface area contributed by atoms with Gasteiger partial charge in [-0.3, -0.25) is 9.59 Å². The predicted octanol–water partition coefficient (Wildman–Crippen LogP) is 2.99. The van der Waals surface area contributed by atoms with Crippen LogP contribution < -0.4 is 4.90 Å². The number of anilines is 1. The Hall–Kier alpha value is -1.26. The maximum atomic E-state index is 12.1. The monoisotopic (exact) mass is 287 g/mol. The average molecular weight is 288 g/mol. The molecule has 1 saturated heterocycles. The summed E-state index contributed by atoms with van der Waals surface area (Å²) in [6, 6.07) is 2.69. The lowest BCUT2D eigenvalue weighted by Crippen LogP contribution is -2.32. The van der Waals surface area contributed by atoms with Gasteiger partial charge in [0.1, 0.15) is 0 Å². The number of benzene rings is 1. The summed E-state index contributed by atoms with van der Waals surface area (Å²) in [4.78, 5) is 25.0. The lowest BCUT2D eigenvalue weighted by Gasteiger charge is -2.18. The van der Waals surface area contributed by atoms with Crippen LogP contribution in [0.3, 0.4) is 0 Å². The lowest BCUT2D eigenvalue weighted by molar-refractivity contribution is -0.124. The van der Waals surface area contributed by atoms with Crippen molar-refractivity contribution in [3.63, 3.8) is 0 Å². The molecule has 1 heterocycles. The van der Waals surface area contributed by atoms with Gasteiger partial charge in [-0.2, -0.15) is 0 Å². The minimum Gasteiger partial charge on any atom is -0.505 e. The Bertz CT molecular complexity index is 531. The Morgan fingerprint density at radius 1 is 1.22 bits per heavy atom. The molecule has 0 aliphatic carbocycles. The summed E-state index contributed by atoms with van der Waals surface area (Å²) in [5.41, 5.74) is -0.447. The molecule has 2 amide bonds. The summed E-state index contributed by atoms with van der Waals surface area (Å²) < 4.78 is 0. The fourth-order valence-electron chi connectivity index (χ4n) is 1.89. The van der Waals surface area contributed by atoms with Crippen LogP contribution in [0.5, 0.6) is 5.75 Å². The van der Waals surface area contributed by atoms with Crippen LogP contribution in [0, 0.1) is 5.41 Å². The number of phenols is 1. The second-order valence-electron chi connectivity index (χ2n) is 4.85. The van der Waals surface area contributed by atoms with Crippen molar-refractivity contribution in [1.29, 1.82) is 0 Å². The second kappa shape index (κ2) is 4.14. The summed E-state index contributed by atoms with van der Waals surface area (Å²) in [5, 5.41) is 9.46. The quantitative estimate of drug-likeness (QED) is 0.808. The van der Waals surface area contributed by atoms with Crippen molar-refractivity contribution in [2.45, 2.75) is 20.3 Å². The van der Waals surface area contributed by atoms with Gasteiger partial charge in [-0.25, -0.2) is 4.90 Å². The van der Waals surface area contributed by atoms with E-state index in [9.17, 15) is 14.7 Å². The molecule has 0 spiro atoms. The molecule has 2 rings (SSSR count). The summed E-state index contributed by atoms with van der Waals surface area (Å²) in [7, 11) is 0. The summed E-state index contributed by atoms with van der Waals surface area (Å²) >= 11 is 11.6. The molecule has 1 aromatic rings. The average Bonchev–Trinajstić information content (AvgIpc) is 2.44. The first-order valence-electron chi connectivity index (χ1n) is 5.29. The number of hydrogen-bond acceptors (Lipinski definition) is 3. The minimum atomic E-state index is -0.728. The van der Waals surface area contributed by atoms with Gasteiger partial charge in [0.05, 0.1) is 21.1 Å². The van der Waals surface area contributed by atoms with Gasteiger partial charge in [-0.1, -0.05) is 37.0 Å². The van der Waals surface area contributed by atoms with Crippen molar-refractivity contribution in [3.05, 3.63) is 22.2 Å². The molecule has 0 unspecified atom stereocenters. The zero-order valence-electron chi connectivity index (χ0n) is 9.83. The summed E-state index contributed by atoms with van der Waals surface area (Å²) in [6.07, 6.45) is 0.141. The van der Waals surface area contributed by atoms with Crippen LogP contribution in [0.25, 0.3) is 0 Å². The Morgan fingerprint density at radius 3 is 2.11 bits per heavy atom. The van der Waals surface area contributed by atoms with E-state index in [4.69, 9.17) is 23.2 Å². The van der Waals surface area contributed by atoms with Crippen LogP contribution in [0.15, 0.2) is 12.1 Å². The Morgan fingerprint density at radius 2 is 1.72 bits per heavy atom. The molecule has 1 N–H and O–H groups in total. The number of nitrogens with zero attached hydrogens (tertiary/aromatic N) is 1. The van der Waals surface area contributed by atoms with E-state index in [1.807, 2.05) is 0 Å². The van der Waals surface area contributed by atoms with E-state index < -0.39 is 5.41 Å². The fourth-order valence-corrected chi connectivity index (χ4v) is 2.37. The maximum absolute atomic E-state index is 12.1. The molecule has 1 aliphatic heterocycles. The van der Waals surface area contributed by atoms with Crippen molar-refractivity contribution < 1.29 is 14.7 Å². The maximum Gasteiger partial charge on any atom is 0.239 e. The van der Waals surface area contributed by atoms with Crippen molar-refractivity contribution in [1.82, 2.24) is 0 Å². The van der Waals surface area contributed by atoms with Gasteiger partial charge in [-0.15, -0.1) is 0 Å². The van der Waals surface area contributed by atoms with Gasteiger partial charge in [0.25, 0.3) is 0 Å². The highest BCUT2D eigenvalue weighted by Crippen LogP contribution is 2.40. The topological polar surface area (TPSA) is 57.6 Å². The number of carbonyl (C=O) groups excluding carboxylic acids is 2. The van der Waals surface area contributed by atoms with Gasteiger partial charge < -0.3 is 5.11 Å². The second-order valence-corrected chi connectivity index (χ2v) is 5.67. The smallest absolute Gasteiger partial charge is 0.239 e. The van der Waals surface area contributed by atoms with Crippen LogP contribution in [-0.4, -0.2) is 16.9 Å². The first-order valence-corrected chi connectivity index (χ1v) is 6.05. The number of phenolic OH excluding ortho intramolecular Hbond substituents is 1. The standard InChI is InChI=1S/C12H11Cl2NO3/c1-12(2)5-9(16)15(11(12)18)6-3-7(13)10(17)8(14)4-6/h3-4,17H,5H2,1-2H3. The molecule has 1 fully saturated rings. The van der Waals surface area contributed by atoms with E-state index in [-0.39, 0.29) is 39.7 Å². The fraction of sp³-hybridized carbons (Fsp3) is 0.333. The Balaban J connectivity index is 2.50. The molecule has 96 valence electrons. The number of hydrogen-bond donors (Lipinski definition) is 1. The summed E-state index contributed by atoms with van der Waals surface area (Å²) in [6.45, 7) is 3.41. The lowest BCUT2D eigenvalue weighted by atomic mass is 9.92. The highest BCUT2D eigenvalue weighted by atomic mass is 35.5. The van der Waals surface area contributed by atoms with Crippen LogP contribution >= 0.6 is 23.2 Å². The highest BCUT2D eigenvalue weighted by molar-refractivity contribution is 6.38. The highest BCUT2D eigenvalue weighted by Gasteiger charge is 2.45. The Kier molecular flexibility index (Phi) is 3.03. The van der Waals surface area contributed by atoms with E-state index >= 15 is 0 Å². The molecule has 0 aromatic heterocycles. The molecule has 0 radical (unpaired) electrons. The van der Waals surface area contributed by atoms with Crippen molar-refractivity contribution in [2.24, 2.45) is 5.41 Å². The zero-order valence-corrected chi connectivity index (χ0v) is 11.3. The zero-order chi connectivity index (χ0) is 13.7. The third-order valence-electron chi connectivity index (χ3n) is 2.88. The van der Waals surface area contributed by atoms with E-state index in [2.05, 4.69) is 0 Å². The number of imide groups is 1.